The number of anilines is 1. The van der Waals surface area contributed by atoms with Crippen LogP contribution >= 0.6 is 0 Å². The first-order valence-corrected chi connectivity index (χ1v) is 20.1. The van der Waals surface area contributed by atoms with Gasteiger partial charge in [-0.1, -0.05) is 91.0 Å². The van der Waals surface area contributed by atoms with Crippen molar-refractivity contribution in [3.8, 4) is 23.0 Å². The first kappa shape index (κ1) is 35.3. The number of pyridine rings is 1. The summed E-state index contributed by atoms with van der Waals surface area (Å²) in [5.74, 6) is 2.37. The lowest BCUT2D eigenvalue weighted by Crippen LogP contribution is -2.52. The van der Waals surface area contributed by atoms with E-state index in [1.807, 2.05) is 84.4 Å². The molecular weight excluding hydrogens is 716 g/mol. The maximum Gasteiger partial charge on any atom is 0.311 e. The van der Waals surface area contributed by atoms with Crippen LogP contribution in [0.1, 0.15) is 73.8 Å². The van der Waals surface area contributed by atoms with Crippen LogP contribution in [-0.2, 0) is 15.1 Å². The van der Waals surface area contributed by atoms with Crippen molar-refractivity contribution in [3.63, 3.8) is 0 Å². The number of carbonyl (C=O) groups is 1. The SMILES string of the molecule is CCOC(=O)[C@H]1C2CCC(CC2)[C@@H]1Nc1cc(-c2ccc(C3CC3)o2)nc(-c2nn(C(c3ccccc3)(c3ccccc3)c3ccccc3)c3ncc(F)cc23)n1. The van der Waals surface area contributed by atoms with E-state index in [0.717, 1.165) is 61.0 Å². The number of benzene rings is 3. The first-order valence-electron chi connectivity index (χ1n) is 20.1. The number of hydrogen-bond donors (Lipinski definition) is 1. The molecule has 2 atom stereocenters. The van der Waals surface area contributed by atoms with Crippen LogP contribution in [0, 0.1) is 23.6 Å². The summed E-state index contributed by atoms with van der Waals surface area (Å²) in [6, 6.07) is 37.7. The highest BCUT2D eigenvalue weighted by molar-refractivity contribution is 5.90. The fourth-order valence-corrected chi connectivity index (χ4v) is 9.52. The standard InChI is InChI=1S/C47H43FN6O3/c1-2-56-46(55)41-30-20-22-31(23-21-30)42(41)51-40-27-37(39-25-24-38(57-39)29-18-19-29)50-44(52-40)43-36-26-35(48)28-49-45(36)54(53-43)47(32-12-6-3-7-13-32,33-14-8-4-9-15-33)34-16-10-5-11-17-34/h3-17,24-31,41-42H,2,18-23H2,1H3,(H,50,51,52)/t30?,31?,41-,42-/m0/s1. The van der Waals surface area contributed by atoms with E-state index >= 15 is 4.39 Å². The predicted octanol–water partition coefficient (Wildman–Crippen LogP) is 9.78. The Labute approximate surface area is 330 Å². The molecule has 11 rings (SSSR count). The van der Waals surface area contributed by atoms with Gasteiger partial charge < -0.3 is 14.5 Å². The van der Waals surface area contributed by atoms with E-state index in [9.17, 15) is 4.79 Å². The van der Waals surface area contributed by atoms with Crippen LogP contribution in [0.5, 0.6) is 0 Å². The van der Waals surface area contributed by atoms with E-state index in [2.05, 4.69) is 41.7 Å². The minimum absolute atomic E-state index is 0.163. The number of ether oxygens (including phenoxy) is 1. The van der Waals surface area contributed by atoms with Gasteiger partial charge in [-0.2, -0.15) is 5.10 Å². The molecule has 57 heavy (non-hydrogen) atoms. The monoisotopic (exact) mass is 758 g/mol. The molecular formula is C47H43FN6O3. The van der Waals surface area contributed by atoms with Crippen molar-refractivity contribution in [2.75, 3.05) is 11.9 Å². The van der Waals surface area contributed by atoms with Gasteiger partial charge in [0.2, 0.25) is 0 Å². The van der Waals surface area contributed by atoms with Gasteiger partial charge in [-0.15, -0.1) is 0 Å². The maximum absolute atomic E-state index is 15.5. The summed E-state index contributed by atoms with van der Waals surface area (Å²) >= 11 is 0. The van der Waals surface area contributed by atoms with Gasteiger partial charge in [-0.3, -0.25) is 4.79 Å². The van der Waals surface area contributed by atoms with Crippen LogP contribution in [-0.4, -0.2) is 43.4 Å². The summed E-state index contributed by atoms with van der Waals surface area (Å²) in [6.07, 6.45) is 7.52. The molecule has 3 aromatic carbocycles. The summed E-state index contributed by atoms with van der Waals surface area (Å²) < 4.78 is 29.4. The zero-order valence-corrected chi connectivity index (χ0v) is 31.7. The molecule has 10 heteroatoms. The molecule has 2 bridgehead atoms. The van der Waals surface area contributed by atoms with Crippen LogP contribution in [0.3, 0.4) is 0 Å². The maximum atomic E-state index is 15.5. The van der Waals surface area contributed by atoms with Gasteiger partial charge in [0.05, 0.1) is 24.1 Å². The number of hydrogen-bond acceptors (Lipinski definition) is 8. The largest absolute Gasteiger partial charge is 0.466 e. The molecule has 0 aliphatic heterocycles. The van der Waals surface area contributed by atoms with Crippen molar-refractivity contribution in [1.82, 2.24) is 24.7 Å². The smallest absolute Gasteiger partial charge is 0.311 e. The van der Waals surface area contributed by atoms with Gasteiger partial charge in [-0.05, 0) is 92.2 Å². The molecule has 0 saturated heterocycles. The molecule has 4 aromatic heterocycles. The Morgan fingerprint density at radius 2 is 1.46 bits per heavy atom. The Hall–Kier alpha value is -6.16. The van der Waals surface area contributed by atoms with E-state index in [1.54, 1.807) is 0 Å². The van der Waals surface area contributed by atoms with E-state index in [4.69, 9.17) is 29.2 Å². The number of nitrogens with zero attached hydrogens (tertiary/aromatic N) is 5. The lowest BCUT2D eigenvalue weighted by atomic mass is 9.61. The van der Waals surface area contributed by atoms with Gasteiger partial charge >= 0.3 is 5.97 Å². The number of aromatic nitrogens is 5. The summed E-state index contributed by atoms with van der Waals surface area (Å²) in [5.41, 5.74) is 3.21. The molecule has 4 aliphatic carbocycles. The lowest BCUT2D eigenvalue weighted by molar-refractivity contribution is -0.154. The quantitative estimate of drug-likeness (QED) is 0.103. The van der Waals surface area contributed by atoms with E-state index < -0.39 is 11.4 Å². The molecule has 0 spiro atoms. The molecule has 4 saturated carbocycles. The van der Waals surface area contributed by atoms with E-state index in [0.29, 0.717) is 46.5 Å². The minimum Gasteiger partial charge on any atom is -0.466 e. The van der Waals surface area contributed by atoms with Gasteiger partial charge in [0, 0.05) is 18.0 Å². The second-order valence-corrected chi connectivity index (χ2v) is 15.7. The average Bonchev–Trinajstić information content (AvgIpc) is 3.87. The number of halogens is 1. The normalized spacial score (nSPS) is 20.5. The Morgan fingerprint density at radius 3 is 2.07 bits per heavy atom. The highest BCUT2D eigenvalue weighted by Gasteiger charge is 2.48. The van der Waals surface area contributed by atoms with Crippen LogP contribution < -0.4 is 5.32 Å². The van der Waals surface area contributed by atoms with E-state index in [1.165, 1.54) is 12.3 Å². The topological polar surface area (TPSA) is 108 Å². The molecule has 4 fully saturated rings. The molecule has 9 nitrogen and oxygen atoms in total. The third kappa shape index (κ3) is 6.18. The second kappa shape index (κ2) is 14.4. The molecule has 1 N–H and O–H groups in total. The molecule has 4 heterocycles. The third-order valence-electron chi connectivity index (χ3n) is 12.3. The Morgan fingerprint density at radius 1 is 0.825 bits per heavy atom. The van der Waals surface area contributed by atoms with Crippen molar-refractivity contribution >= 4 is 22.8 Å². The van der Waals surface area contributed by atoms with Crippen LogP contribution in [0.2, 0.25) is 0 Å². The van der Waals surface area contributed by atoms with Gasteiger partial charge in [0.25, 0.3) is 0 Å². The zero-order valence-electron chi connectivity index (χ0n) is 31.7. The lowest BCUT2D eigenvalue weighted by Gasteiger charge is -2.47. The van der Waals surface area contributed by atoms with Crippen LogP contribution in [0.4, 0.5) is 10.2 Å². The highest BCUT2D eigenvalue weighted by atomic mass is 19.1. The van der Waals surface area contributed by atoms with Gasteiger partial charge in [0.1, 0.15) is 34.3 Å². The number of nitrogens with one attached hydrogen (secondary N) is 1. The number of esters is 1. The fourth-order valence-electron chi connectivity index (χ4n) is 9.52. The molecule has 4 aliphatic rings. The first-order chi connectivity index (χ1) is 28.0. The summed E-state index contributed by atoms with van der Waals surface area (Å²) in [7, 11) is 0. The predicted molar refractivity (Wildman–Crippen MR) is 216 cm³/mol. The minimum atomic E-state index is -1.03. The molecule has 7 aromatic rings. The molecule has 0 unspecified atom stereocenters. The Balaban J connectivity index is 1.20. The van der Waals surface area contributed by atoms with Crippen molar-refractivity contribution in [2.24, 2.45) is 17.8 Å². The van der Waals surface area contributed by atoms with Crippen molar-refractivity contribution in [2.45, 2.75) is 62.9 Å². The molecule has 0 amide bonds. The van der Waals surface area contributed by atoms with Gasteiger partial charge in [-0.25, -0.2) is 24.0 Å². The number of fused-ring (bicyclic) bond motifs is 4. The highest BCUT2D eigenvalue weighted by Crippen LogP contribution is 2.48. The fraction of sp³-hybridized carbons (Fsp3) is 0.298. The summed E-state index contributed by atoms with van der Waals surface area (Å²) in [4.78, 5) is 28.5. The zero-order chi connectivity index (χ0) is 38.5. The second-order valence-electron chi connectivity index (χ2n) is 15.7. The average molecular weight is 759 g/mol. The number of furan rings is 1. The van der Waals surface area contributed by atoms with Crippen molar-refractivity contribution in [3.05, 3.63) is 150 Å². The Kier molecular flexibility index (Phi) is 8.91. The molecule has 0 radical (unpaired) electrons. The summed E-state index contributed by atoms with van der Waals surface area (Å²) in [6.45, 7) is 2.19. The van der Waals surface area contributed by atoms with Crippen LogP contribution in [0.25, 0.3) is 34.0 Å². The Bertz CT molecular complexity index is 2450. The number of carbonyl (C=O) groups excluding carboxylic acids is 1. The van der Waals surface area contributed by atoms with Crippen molar-refractivity contribution in [1.29, 1.82) is 0 Å². The van der Waals surface area contributed by atoms with Crippen molar-refractivity contribution < 1.29 is 18.3 Å². The third-order valence-corrected chi connectivity index (χ3v) is 12.3. The van der Waals surface area contributed by atoms with Gasteiger partial charge in [0.15, 0.2) is 17.2 Å². The molecule has 286 valence electrons. The van der Waals surface area contributed by atoms with Crippen LogP contribution in [0.15, 0.2) is 126 Å². The number of rotatable bonds is 11. The summed E-state index contributed by atoms with van der Waals surface area (Å²) in [5, 5.41) is 9.59. The van der Waals surface area contributed by atoms with E-state index in [-0.39, 0.29) is 35.6 Å².